The summed E-state index contributed by atoms with van der Waals surface area (Å²) in [5, 5.41) is 75.9. The standard InChI is InChI=1S/C17H28O14/c18-4-6(20)12-14(10(24)16(26)30-12)28-8(22)2-1-3-9(23)29-15-11(25)17(27)31-13(15)7(21)5-19/h6-7,10-21,24-27H,1-5H2/t6-,7-,10-,11-,12-,13-,14-,15-,16+,17+/m1/s1. The number of aliphatic hydroxyl groups is 8. The van der Waals surface area contributed by atoms with Gasteiger partial charge in [0, 0.05) is 12.8 Å². The van der Waals surface area contributed by atoms with Crippen molar-refractivity contribution in [3.05, 3.63) is 0 Å². The zero-order valence-electron chi connectivity index (χ0n) is 16.3. The summed E-state index contributed by atoms with van der Waals surface area (Å²) < 4.78 is 19.7. The maximum absolute atomic E-state index is 12.0. The molecule has 0 aromatic heterocycles. The van der Waals surface area contributed by atoms with Gasteiger partial charge in [-0.1, -0.05) is 0 Å². The first-order chi connectivity index (χ1) is 14.6. The molecule has 0 saturated carbocycles. The van der Waals surface area contributed by atoms with E-state index in [4.69, 9.17) is 29.2 Å². The zero-order chi connectivity index (χ0) is 23.3. The van der Waals surface area contributed by atoms with E-state index in [1.165, 1.54) is 0 Å². The average molecular weight is 456 g/mol. The van der Waals surface area contributed by atoms with Crippen molar-refractivity contribution in [2.75, 3.05) is 13.2 Å². The Morgan fingerprint density at radius 1 is 0.742 bits per heavy atom. The highest BCUT2D eigenvalue weighted by Crippen LogP contribution is 2.27. The molecule has 0 bridgehead atoms. The van der Waals surface area contributed by atoms with Crippen molar-refractivity contribution in [3.63, 3.8) is 0 Å². The summed E-state index contributed by atoms with van der Waals surface area (Å²) in [5.74, 6) is -1.78. The highest BCUT2D eigenvalue weighted by Gasteiger charge is 2.49. The minimum atomic E-state index is -1.73. The highest BCUT2D eigenvalue weighted by atomic mass is 16.7. The van der Waals surface area contributed by atoms with Gasteiger partial charge in [0.1, 0.15) is 36.6 Å². The third kappa shape index (κ3) is 6.29. The van der Waals surface area contributed by atoms with Crippen molar-refractivity contribution < 1.29 is 69.4 Å². The Labute approximate surface area is 176 Å². The van der Waals surface area contributed by atoms with Gasteiger partial charge in [0.2, 0.25) is 0 Å². The van der Waals surface area contributed by atoms with E-state index in [1.54, 1.807) is 0 Å². The fourth-order valence-corrected chi connectivity index (χ4v) is 3.25. The van der Waals surface area contributed by atoms with Crippen molar-refractivity contribution in [2.24, 2.45) is 0 Å². The quantitative estimate of drug-likeness (QED) is 0.144. The molecule has 0 amide bonds. The molecule has 14 heteroatoms. The summed E-state index contributed by atoms with van der Waals surface area (Å²) in [6, 6.07) is 0. The van der Waals surface area contributed by atoms with Gasteiger partial charge in [-0.3, -0.25) is 9.59 Å². The average Bonchev–Trinajstić information content (AvgIpc) is 3.17. The van der Waals surface area contributed by atoms with Gasteiger partial charge in [0.15, 0.2) is 24.8 Å². The number of esters is 2. The number of hydrogen-bond donors (Lipinski definition) is 8. The Kier molecular flexibility index (Phi) is 9.50. The van der Waals surface area contributed by atoms with E-state index in [9.17, 15) is 40.2 Å². The molecule has 14 nitrogen and oxygen atoms in total. The molecule has 0 unspecified atom stereocenters. The molecule has 0 spiro atoms. The van der Waals surface area contributed by atoms with Gasteiger partial charge < -0.3 is 59.8 Å². The molecule has 10 atom stereocenters. The van der Waals surface area contributed by atoms with Crippen LogP contribution in [0.1, 0.15) is 19.3 Å². The van der Waals surface area contributed by atoms with Crippen LogP contribution in [0.5, 0.6) is 0 Å². The summed E-state index contributed by atoms with van der Waals surface area (Å²) in [4.78, 5) is 24.0. The van der Waals surface area contributed by atoms with Crippen LogP contribution in [-0.4, -0.2) is 127 Å². The van der Waals surface area contributed by atoms with Crippen molar-refractivity contribution in [1.82, 2.24) is 0 Å². The predicted octanol–water partition coefficient (Wildman–Crippen LogP) is -5.16. The summed E-state index contributed by atoms with van der Waals surface area (Å²) in [5.41, 5.74) is 0. The molecule has 2 saturated heterocycles. The van der Waals surface area contributed by atoms with Gasteiger partial charge in [-0.15, -0.1) is 0 Å². The Morgan fingerprint density at radius 2 is 1.10 bits per heavy atom. The van der Waals surface area contributed by atoms with Crippen LogP contribution in [0, 0.1) is 0 Å². The molecule has 2 aliphatic heterocycles. The second-order valence-corrected chi connectivity index (χ2v) is 7.23. The molecule has 0 aromatic carbocycles. The van der Waals surface area contributed by atoms with Crippen LogP contribution in [0.4, 0.5) is 0 Å². The lowest BCUT2D eigenvalue weighted by atomic mass is 10.1. The topological polar surface area (TPSA) is 233 Å². The van der Waals surface area contributed by atoms with Crippen LogP contribution in [-0.2, 0) is 28.5 Å². The molecule has 2 rings (SSSR count). The lowest BCUT2D eigenvalue weighted by Crippen LogP contribution is -2.43. The van der Waals surface area contributed by atoms with Crippen molar-refractivity contribution >= 4 is 11.9 Å². The number of hydrogen-bond acceptors (Lipinski definition) is 14. The fourth-order valence-electron chi connectivity index (χ4n) is 3.25. The molecule has 31 heavy (non-hydrogen) atoms. The number of carbonyl (C=O) groups excluding carboxylic acids is 2. The first-order valence-corrected chi connectivity index (χ1v) is 9.60. The largest absolute Gasteiger partial charge is 0.456 e. The van der Waals surface area contributed by atoms with E-state index in [2.05, 4.69) is 0 Å². The van der Waals surface area contributed by atoms with E-state index in [1.807, 2.05) is 0 Å². The molecule has 0 aliphatic carbocycles. The molecular weight excluding hydrogens is 428 g/mol. The van der Waals surface area contributed by atoms with E-state index in [0.29, 0.717) is 0 Å². The van der Waals surface area contributed by atoms with E-state index in [-0.39, 0.29) is 19.3 Å². The number of rotatable bonds is 10. The molecule has 2 fully saturated rings. The summed E-state index contributed by atoms with van der Waals surface area (Å²) >= 11 is 0. The van der Waals surface area contributed by atoms with E-state index >= 15 is 0 Å². The van der Waals surface area contributed by atoms with Crippen molar-refractivity contribution in [3.8, 4) is 0 Å². The SMILES string of the molecule is O=C(CCCC(=O)O[C@@H]1[C@@H](O)[C@@H](O)O[C@@H]1[C@H](O)CO)O[C@@H]1[C@@H](O)[C@@H](O)O[C@@H]1[C@H](O)CO. The molecule has 0 aromatic rings. The van der Waals surface area contributed by atoms with Gasteiger partial charge in [0.05, 0.1) is 13.2 Å². The monoisotopic (exact) mass is 456 g/mol. The molecule has 180 valence electrons. The minimum absolute atomic E-state index is 0.0867. The van der Waals surface area contributed by atoms with Crippen LogP contribution in [0.15, 0.2) is 0 Å². The number of aliphatic hydroxyl groups excluding tert-OH is 8. The van der Waals surface area contributed by atoms with Crippen LogP contribution in [0.25, 0.3) is 0 Å². The molecule has 2 aliphatic rings. The molecular formula is C17H28O14. The zero-order valence-corrected chi connectivity index (χ0v) is 16.3. The van der Waals surface area contributed by atoms with Crippen LogP contribution >= 0.6 is 0 Å². The smallest absolute Gasteiger partial charge is 0.306 e. The lowest BCUT2D eigenvalue weighted by molar-refractivity contribution is -0.164. The van der Waals surface area contributed by atoms with Gasteiger partial charge >= 0.3 is 11.9 Å². The maximum Gasteiger partial charge on any atom is 0.306 e. The Bertz CT molecular complexity index is 551. The Hall–Kier alpha value is -1.46. The third-order valence-electron chi connectivity index (χ3n) is 4.93. The lowest BCUT2D eigenvalue weighted by Gasteiger charge is -2.23. The van der Waals surface area contributed by atoms with Crippen LogP contribution in [0.2, 0.25) is 0 Å². The van der Waals surface area contributed by atoms with E-state index in [0.717, 1.165) is 0 Å². The normalized spacial score (nSPS) is 37.4. The molecule has 2 heterocycles. The van der Waals surface area contributed by atoms with Crippen molar-refractivity contribution in [1.29, 1.82) is 0 Å². The highest BCUT2D eigenvalue weighted by molar-refractivity contribution is 5.73. The Morgan fingerprint density at radius 3 is 1.42 bits per heavy atom. The fraction of sp³-hybridized carbons (Fsp3) is 0.882. The van der Waals surface area contributed by atoms with Crippen LogP contribution in [0.3, 0.4) is 0 Å². The first-order valence-electron chi connectivity index (χ1n) is 9.60. The van der Waals surface area contributed by atoms with E-state index < -0.39 is 86.6 Å². The number of carbonyl (C=O) groups is 2. The van der Waals surface area contributed by atoms with Gasteiger partial charge in [0.25, 0.3) is 0 Å². The molecule has 8 N–H and O–H groups in total. The predicted molar refractivity (Wildman–Crippen MR) is 93.6 cm³/mol. The summed E-state index contributed by atoms with van der Waals surface area (Å²) in [6.07, 6.45) is -16.1. The van der Waals surface area contributed by atoms with Gasteiger partial charge in [-0.05, 0) is 6.42 Å². The van der Waals surface area contributed by atoms with Crippen molar-refractivity contribution in [2.45, 2.75) is 80.7 Å². The maximum atomic E-state index is 12.0. The van der Waals surface area contributed by atoms with Crippen LogP contribution < -0.4 is 0 Å². The number of ether oxygens (including phenoxy) is 4. The minimum Gasteiger partial charge on any atom is -0.456 e. The molecule has 0 radical (unpaired) electrons. The second kappa shape index (κ2) is 11.4. The summed E-state index contributed by atoms with van der Waals surface area (Å²) in [7, 11) is 0. The Balaban J connectivity index is 1.80. The third-order valence-corrected chi connectivity index (χ3v) is 4.93. The summed E-state index contributed by atoms with van der Waals surface area (Å²) in [6.45, 7) is -1.53. The van der Waals surface area contributed by atoms with Gasteiger partial charge in [-0.25, -0.2) is 0 Å². The second-order valence-electron chi connectivity index (χ2n) is 7.23. The van der Waals surface area contributed by atoms with Gasteiger partial charge in [-0.2, -0.15) is 0 Å². The first kappa shape index (κ1) is 25.8.